The van der Waals surface area contributed by atoms with Crippen molar-refractivity contribution in [1.29, 1.82) is 0 Å². The van der Waals surface area contributed by atoms with Crippen molar-refractivity contribution in [3.05, 3.63) is 29.8 Å². The van der Waals surface area contributed by atoms with Gasteiger partial charge in [-0.1, -0.05) is 31.1 Å². The van der Waals surface area contributed by atoms with Crippen LogP contribution in [-0.2, 0) is 0 Å². The normalized spacial score (nSPS) is 14.6. The van der Waals surface area contributed by atoms with Gasteiger partial charge in [-0.15, -0.1) is 11.8 Å². The number of thioether (sulfide) groups is 1. The monoisotopic (exact) mass is 306 g/mol. The Morgan fingerprint density at radius 1 is 1.30 bits per heavy atom. The maximum atomic E-state index is 12.7. The van der Waals surface area contributed by atoms with Crippen molar-refractivity contribution in [2.24, 2.45) is 16.8 Å². The molecule has 0 aliphatic rings. The van der Waals surface area contributed by atoms with Crippen LogP contribution < -0.4 is 5.73 Å². The minimum absolute atomic E-state index is 0.319. The van der Waals surface area contributed by atoms with Gasteiger partial charge in [-0.25, -0.2) is 0 Å². The van der Waals surface area contributed by atoms with Crippen molar-refractivity contribution in [1.82, 2.24) is 0 Å². The van der Waals surface area contributed by atoms with Crippen molar-refractivity contribution in [2.75, 3.05) is 5.75 Å². The molecular weight excluding hydrogens is 289 g/mol. The molecule has 0 saturated heterocycles. The van der Waals surface area contributed by atoms with Gasteiger partial charge in [0.15, 0.2) is 5.84 Å². The Morgan fingerprint density at radius 2 is 1.85 bits per heavy atom. The summed E-state index contributed by atoms with van der Waals surface area (Å²) in [6.45, 7) is 4.08. The van der Waals surface area contributed by atoms with Crippen LogP contribution in [0.1, 0.15) is 25.3 Å². The van der Waals surface area contributed by atoms with Crippen LogP contribution >= 0.6 is 11.8 Å². The highest BCUT2D eigenvalue weighted by molar-refractivity contribution is 7.99. The summed E-state index contributed by atoms with van der Waals surface area (Å²) in [5, 5.41) is 10.9. The summed E-state index contributed by atoms with van der Waals surface area (Å²) in [6.07, 6.45) is -4.53. The van der Waals surface area contributed by atoms with E-state index in [0.717, 1.165) is 22.2 Å². The molecule has 1 aromatic rings. The summed E-state index contributed by atoms with van der Waals surface area (Å²) >= 11 is 1.03. The molecule has 112 valence electrons. The molecule has 20 heavy (non-hydrogen) atoms. The van der Waals surface area contributed by atoms with Crippen molar-refractivity contribution in [3.8, 4) is 0 Å². The number of nitrogens with two attached hydrogens (primary N) is 1. The Morgan fingerprint density at radius 3 is 2.25 bits per heavy atom. The van der Waals surface area contributed by atoms with Gasteiger partial charge in [-0.2, -0.15) is 13.2 Å². The molecule has 1 atom stereocenters. The molecule has 0 aliphatic carbocycles. The van der Waals surface area contributed by atoms with E-state index >= 15 is 0 Å². The first kappa shape index (κ1) is 16.7. The van der Waals surface area contributed by atoms with E-state index in [2.05, 4.69) is 5.16 Å². The van der Waals surface area contributed by atoms with Crippen molar-refractivity contribution < 1.29 is 18.4 Å². The van der Waals surface area contributed by atoms with E-state index in [1.807, 2.05) is 26.0 Å². The number of hydrogen-bond acceptors (Lipinski definition) is 3. The maximum Gasteiger partial charge on any atom is 0.399 e. The molecule has 7 heteroatoms. The minimum Gasteiger partial charge on any atom is -0.409 e. The number of amidine groups is 1. The van der Waals surface area contributed by atoms with E-state index in [4.69, 9.17) is 10.9 Å². The Balaban J connectivity index is 2.73. The molecule has 0 spiro atoms. The van der Waals surface area contributed by atoms with E-state index < -0.39 is 17.9 Å². The van der Waals surface area contributed by atoms with Gasteiger partial charge in [-0.05, 0) is 23.6 Å². The van der Waals surface area contributed by atoms with Gasteiger partial charge in [0, 0.05) is 10.6 Å². The first-order valence-corrected chi connectivity index (χ1v) is 7.01. The maximum absolute atomic E-state index is 12.7. The highest BCUT2D eigenvalue weighted by Gasteiger charge is 2.42. The molecule has 0 fully saturated rings. The SMILES string of the molecule is CC(C)c1ccc(SCC(/C(N)=N/O)C(F)(F)F)cc1. The van der Waals surface area contributed by atoms with Crippen LogP contribution in [0.15, 0.2) is 34.3 Å². The fourth-order valence-electron chi connectivity index (χ4n) is 1.55. The largest absolute Gasteiger partial charge is 0.409 e. The van der Waals surface area contributed by atoms with E-state index in [1.54, 1.807) is 12.1 Å². The Hall–Kier alpha value is -1.37. The van der Waals surface area contributed by atoms with E-state index in [1.165, 1.54) is 0 Å². The lowest BCUT2D eigenvalue weighted by Gasteiger charge is -2.18. The Labute approximate surface area is 120 Å². The number of halogens is 3. The fraction of sp³-hybridized carbons (Fsp3) is 0.462. The molecule has 3 N–H and O–H groups in total. The van der Waals surface area contributed by atoms with Crippen molar-refractivity contribution in [2.45, 2.75) is 30.8 Å². The highest BCUT2D eigenvalue weighted by atomic mass is 32.2. The molecule has 0 amide bonds. The van der Waals surface area contributed by atoms with Gasteiger partial charge in [0.1, 0.15) is 5.92 Å². The van der Waals surface area contributed by atoms with E-state index in [0.29, 0.717) is 5.92 Å². The third-order valence-electron chi connectivity index (χ3n) is 2.83. The third kappa shape index (κ3) is 4.63. The quantitative estimate of drug-likeness (QED) is 0.286. The lowest BCUT2D eigenvalue weighted by Crippen LogP contribution is -2.37. The van der Waals surface area contributed by atoms with Crippen LogP contribution in [0, 0.1) is 5.92 Å². The molecule has 0 saturated carbocycles. The topological polar surface area (TPSA) is 58.6 Å². The smallest absolute Gasteiger partial charge is 0.399 e. The van der Waals surface area contributed by atoms with Crippen LogP contribution in [0.4, 0.5) is 13.2 Å². The third-order valence-corrected chi connectivity index (χ3v) is 3.94. The highest BCUT2D eigenvalue weighted by Crippen LogP contribution is 2.32. The number of alkyl halides is 3. The summed E-state index contributed by atoms with van der Waals surface area (Å²) in [7, 11) is 0. The number of nitrogens with zero attached hydrogens (tertiary/aromatic N) is 1. The number of oxime groups is 1. The lowest BCUT2D eigenvalue weighted by molar-refractivity contribution is -0.150. The van der Waals surface area contributed by atoms with E-state index in [9.17, 15) is 13.2 Å². The van der Waals surface area contributed by atoms with Gasteiger partial charge < -0.3 is 10.9 Å². The zero-order chi connectivity index (χ0) is 15.3. The second-order valence-electron chi connectivity index (χ2n) is 4.65. The van der Waals surface area contributed by atoms with Crippen LogP contribution in [0.3, 0.4) is 0 Å². The van der Waals surface area contributed by atoms with Crippen molar-refractivity contribution in [3.63, 3.8) is 0 Å². The molecule has 3 nitrogen and oxygen atoms in total. The van der Waals surface area contributed by atoms with Crippen LogP contribution in [-0.4, -0.2) is 23.0 Å². The first-order chi connectivity index (χ1) is 9.25. The standard InChI is InChI=1S/C13H17F3N2OS/c1-8(2)9-3-5-10(6-4-9)20-7-11(12(17)18-19)13(14,15)16/h3-6,8,11,19H,7H2,1-2H3,(H2,17,18). The van der Waals surface area contributed by atoms with Gasteiger partial charge in [0.25, 0.3) is 0 Å². The summed E-state index contributed by atoms with van der Waals surface area (Å²) in [5.74, 6) is -2.72. The number of rotatable bonds is 5. The summed E-state index contributed by atoms with van der Waals surface area (Å²) in [5.41, 5.74) is 6.22. The molecule has 1 aromatic carbocycles. The summed E-state index contributed by atoms with van der Waals surface area (Å²) in [6, 6.07) is 7.33. The molecular formula is C13H17F3N2OS. The average Bonchev–Trinajstić information content (AvgIpc) is 2.37. The minimum atomic E-state index is -4.53. The van der Waals surface area contributed by atoms with Crippen LogP contribution in [0.25, 0.3) is 0 Å². The van der Waals surface area contributed by atoms with Crippen LogP contribution in [0.5, 0.6) is 0 Å². The zero-order valence-electron chi connectivity index (χ0n) is 11.2. The molecule has 0 radical (unpaired) electrons. The zero-order valence-corrected chi connectivity index (χ0v) is 12.0. The molecule has 1 unspecified atom stereocenters. The molecule has 0 aromatic heterocycles. The second kappa shape index (κ2) is 6.88. The number of hydrogen-bond donors (Lipinski definition) is 2. The lowest BCUT2D eigenvalue weighted by atomic mass is 10.0. The van der Waals surface area contributed by atoms with Gasteiger partial charge in [0.2, 0.25) is 0 Å². The predicted molar refractivity (Wildman–Crippen MR) is 74.2 cm³/mol. The molecule has 0 aliphatic heterocycles. The fourth-order valence-corrected chi connectivity index (χ4v) is 2.59. The summed E-state index contributed by atoms with van der Waals surface area (Å²) < 4.78 is 38.2. The molecule has 1 rings (SSSR count). The van der Waals surface area contributed by atoms with Crippen molar-refractivity contribution >= 4 is 17.6 Å². The van der Waals surface area contributed by atoms with Gasteiger partial charge >= 0.3 is 6.18 Å². The Kier molecular flexibility index (Phi) is 5.74. The second-order valence-corrected chi connectivity index (χ2v) is 5.75. The first-order valence-electron chi connectivity index (χ1n) is 6.02. The number of benzene rings is 1. The molecule has 0 bridgehead atoms. The predicted octanol–water partition coefficient (Wildman–Crippen LogP) is 3.83. The molecule has 0 heterocycles. The van der Waals surface area contributed by atoms with E-state index in [-0.39, 0.29) is 5.75 Å². The van der Waals surface area contributed by atoms with Gasteiger partial charge in [-0.3, -0.25) is 0 Å². The van der Waals surface area contributed by atoms with Crippen LogP contribution in [0.2, 0.25) is 0 Å². The Bertz CT molecular complexity index is 458. The average molecular weight is 306 g/mol. The van der Waals surface area contributed by atoms with Gasteiger partial charge in [0.05, 0.1) is 0 Å². The summed E-state index contributed by atoms with van der Waals surface area (Å²) in [4.78, 5) is 0.717.